The SMILES string of the molecule is COc1cccc([C@H]2C(C(=O)Nc3ccc(F)cc3)=C(C)NC3=C2C(=O)C[C@H](c2ccccc2)C3)c1. The minimum absolute atomic E-state index is 0.0185. The van der Waals surface area contributed by atoms with Crippen LogP contribution in [0.2, 0.25) is 0 Å². The van der Waals surface area contributed by atoms with E-state index in [2.05, 4.69) is 22.8 Å². The van der Waals surface area contributed by atoms with Gasteiger partial charge in [0.05, 0.1) is 7.11 Å². The Morgan fingerprint density at radius 1 is 0.972 bits per heavy atom. The highest BCUT2D eigenvalue weighted by atomic mass is 19.1. The van der Waals surface area contributed by atoms with Crippen LogP contribution in [0.25, 0.3) is 0 Å². The molecule has 0 spiro atoms. The van der Waals surface area contributed by atoms with Crippen LogP contribution >= 0.6 is 0 Å². The van der Waals surface area contributed by atoms with Gasteiger partial charge in [-0.15, -0.1) is 0 Å². The molecule has 2 N–H and O–H groups in total. The first kappa shape index (κ1) is 23.5. The van der Waals surface area contributed by atoms with Crippen LogP contribution in [0.15, 0.2) is 101 Å². The first-order valence-corrected chi connectivity index (χ1v) is 11.9. The molecule has 5 rings (SSSR count). The van der Waals surface area contributed by atoms with Crippen molar-refractivity contribution in [2.24, 2.45) is 0 Å². The predicted molar refractivity (Wildman–Crippen MR) is 137 cm³/mol. The van der Waals surface area contributed by atoms with Crippen molar-refractivity contribution in [1.29, 1.82) is 0 Å². The number of dihydropyridines is 1. The highest BCUT2D eigenvalue weighted by Gasteiger charge is 2.41. The Morgan fingerprint density at radius 2 is 1.69 bits per heavy atom. The fourth-order valence-electron chi connectivity index (χ4n) is 5.19. The molecular formula is C30H27FN2O3. The topological polar surface area (TPSA) is 67.4 Å². The van der Waals surface area contributed by atoms with Gasteiger partial charge in [-0.2, -0.15) is 0 Å². The molecule has 36 heavy (non-hydrogen) atoms. The smallest absolute Gasteiger partial charge is 0.254 e. The van der Waals surface area contributed by atoms with E-state index in [4.69, 9.17) is 4.74 Å². The fraction of sp³-hybridized carbons (Fsp3) is 0.200. The van der Waals surface area contributed by atoms with Gasteiger partial charge in [-0.05, 0) is 66.8 Å². The highest BCUT2D eigenvalue weighted by Crippen LogP contribution is 2.46. The van der Waals surface area contributed by atoms with E-state index in [0.29, 0.717) is 41.1 Å². The van der Waals surface area contributed by atoms with Crippen molar-refractivity contribution < 1.29 is 18.7 Å². The van der Waals surface area contributed by atoms with E-state index >= 15 is 0 Å². The lowest BCUT2D eigenvalue weighted by Gasteiger charge is -2.37. The summed E-state index contributed by atoms with van der Waals surface area (Å²) in [5.41, 5.74) is 5.01. The van der Waals surface area contributed by atoms with E-state index in [0.717, 1.165) is 16.8 Å². The second-order valence-electron chi connectivity index (χ2n) is 9.17. The number of benzene rings is 3. The number of allylic oxidation sites excluding steroid dienone is 3. The van der Waals surface area contributed by atoms with Gasteiger partial charge in [-0.3, -0.25) is 9.59 Å². The molecule has 0 unspecified atom stereocenters. The van der Waals surface area contributed by atoms with Crippen LogP contribution in [0.1, 0.15) is 42.7 Å². The summed E-state index contributed by atoms with van der Waals surface area (Å²) in [6, 6.07) is 23.1. The Morgan fingerprint density at radius 3 is 2.42 bits per heavy atom. The molecule has 1 heterocycles. The van der Waals surface area contributed by atoms with Gasteiger partial charge in [0, 0.05) is 40.6 Å². The Kier molecular flexibility index (Phi) is 6.42. The number of halogens is 1. The van der Waals surface area contributed by atoms with Crippen molar-refractivity contribution in [3.63, 3.8) is 0 Å². The standard InChI is InChI=1S/C30H27FN2O3/c1-18-27(30(35)33-23-13-11-22(31)12-14-23)28(20-9-6-10-24(15-20)36-2)29-25(32-18)16-21(17-26(29)34)19-7-4-3-5-8-19/h3-15,21,28,32H,16-17H2,1-2H3,(H,33,35)/t21-,28+/m1/s1. The molecular weight excluding hydrogens is 455 g/mol. The number of carbonyl (C=O) groups excluding carboxylic acids is 2. The number of nitrogens with one attached hydrogen (secondary N) is 2. The van der Waals surface area contributed by atoms with Crippen LogP contribution in [0, 0.1) is 5.82 Å². The van der Waals surface area contributed by atoms with Crippen LogP contribution < -0.4 is 15.4 Å². The van der Waals surface area contributed by atoms with E-state index in [1.54, 1.807) is 7.11 Å². The molecule has 1 aliphatic heterocycles. The Hall–Kier alpha value is -4.19. The first-order chi connectivity index (χ1) is 17.4. The summed E-state index contributed by atoms with van der Waals surface area (Å²) in [7, 11) is 1.59. The zero-order chi connectivity index (χ0) is 25.2. The molecule has 0 fully saturated rings. The monoisotopic (exact) mass is 482 g/mol. The Labute approximate surface area is 209 Å². The summed E-state index contributed by atoms with van der Waals surface area (Å²) in [5, 5.41) is 6.26. The zero-order valence-corrected chi connectivity index (χ0v) is 20.2. The van der Waals surface area contributed by atoms with Crippen molar-refractivity contribution in [2.45, 2.75) is 31.6 Å². The summed E-state index contributed by atoms with van der Waals surface area (Å²) in [6.07, 6.45) is 1.05. The van der Waals surface area contributed by atoms with Gasteiger partial charge in [0.25, 0.3) is 5.91 Å². The second kappa shape index (κ2) is 9.82. The summed E-state index contributed by atoms with van der Waals surface area (Å²) in [6.45, 7) is 1.85. The number of ketones is 1. The number of ether oxygens (including phenoxy) is 1. The lowest BCUT2D eigenvalue weighted by atomic mass is 9.71. The zero-order valence-electron chi connectivity index (χ0n) is 20.2. The van der Waals surface area contributed by atoms with Gasteiger partial charge in [-0.25, -0.2) is 4.39 Å². The Bertz CT molecular complexity index is 1380. The van der Waals surface area contributed by atoms with E-state index in [-0.39, 0.29) is 23.4 Å². The molecule has 0 saturated heterocycles. The molecule has 0 aromatic heterocycles. The van der Waals surface area contributed by atoms with Crippen molar-refractivity contribution >= 4 is 17.4 Å². The molecule has 6 heteroatoms. The number of carbonyl (C=O) groups is 2. The maximum absolute atomic E-state index is 13.7. The van der Waals surface area contributed by atoms with Gasteiger partial charge in [0.15, 0.2) is 5.78 Å². The maximum atomic E-state index is 13.7. The molecule has 0 radical (unpaired) electrons. The predicted octanol–water partition coefficient (Wildman–Crippen LogP) is 5.83. The summed E-state index contributed by atoms with van der Waals surface area (Å²) in [4.78, 5) is 27.3. The summed E-state index contributed by atoms with van der Waals surface area (Å²) in [5.74, 6) is -0.546. The third kappa shape index (κ3) is 4.54. The van der Waals surface area contributed by atoms with Gasteiger partial charge in [-0.1, -0.05) is 42.5 Å². The normalized spacial score (nSPS) is 19.5. The fourth-order valence-corrected chi connectivity index (χ4v) is 5.19. The minimum atomic E-state index is -0.555. The van der Waals surface area contributed by atoms with Crippen LogP contribution in [-0.4, -0.2) is 18.8 Å². The lowest BCUT2D eigenvalue weighted by molar-refractivity contribution is -0.116. The highest BCUT2D eigenvalue weighted by molar-refractivity contribution is 6.10. The molecule has 0 saturated carbocycles. The number of rotatable bonds is 5. The van der Waals surface area contributed by atoms with Gasteiger partial charge < -0.3 is 15.4 Å². The number of methoxy groups -OCH3 is 1. The molecule has 0 bridgehead atoms. The number of anilines is 1. The molecule has 5 nitrogen and oxygen atoms in total. The maximum Gasteiger partial charge on any atom is 0.254 e. The van der Waals surface area contributed by atoms with Crippen LogP contribution in [0.3, 0.4) is 0 Å². The minimum Gasteiger partial charge on any atom is -0.497 e. The largest absolute Gasteiger partial charge is 0.497 e. The molecule has 2 atom stereocenters. The number of hydrogen-bond donors (Lipinski definition) is 2. The van der Waals surface area contributed by atoms with E-state index in [1.165, 1.54) is 24.3 Å². The second-order valence-corrected chi connectivity index (χ2v) is 9.17. The molecule has 1 amide bonds. The number of hydrogen-bond acceptors (Lipinski definition) is 4. The molecule has 3 aromatic rings. The van der Waals surface area contributed by atoms with Crippen molar-refractivity contribution in [3.8, 4) is 5.75 Å². The molecule has 3 aromatic carbocycles. The quantitative estimate of drug-likeness (QED) is 0.480. The third-order valence-corrected chi connectivity index (χ3v) is 6.87. The summed E-state index contributed by atoms with van der Waals surface area (Å²) >= 11 is 0. The number of Topliss-reactive ketones (excluding diaryl/α,β-unsaturated/α-hetero) is 1. The van der Waals surface area contributed by atoms with Crippen LogP contribution in [0.5, 0.6) is 5.75 Å². The molecule has 1 aliphatic carbocycles. The van der Waals surface area contributed by atoms with Gasteiger partial charge in [0.2, 0.25) is 0 Å². The lowest BCUT2D eigenvalue weighted by Crippen LogP contribution is -2.37. The average molecular weight is 483 g/mol. The van der Waals surface area contributed by atoms with Crippen molar-refractivity contribution in [1.82, 2.24) is 5.32 Å². The Balaban J connectivity index is 1.57. The van der Waals surface area contributed by atoms with Crippen molar-refractivity contribution in [3.05, 3.63) is 118 Å². The average Bonchev–Trinajstić information content (AvgIpc) is 2.89. The van der Waals surface area contributed by atoms with Crippen LogP contribution in [-0.2, 0) is 9.59 Å². The number of amides is 1. The van der Waals surface area contributed by atoms with E-state index < -0.39 is 5.92 Å². The molecule has 182 valence electrons. The van der Waals surface area contributed by atoms with Crippen LogP contribution in [0.4, 0.5) is 10.1 Å². The van der Waals surface area contributed by atoms with Crippen molar-refractivity contribution in [2.75, 3.05) is 12.4 Å². The van der Waals surface area contributed by atoms with E-state index in [1.807, 2.05) is 49.4 Å². The first-order valence-electron chi connectivity index (χ1n) is 11.9. The molecule has 2 aliphatic rings. The summed E-state index contributed by atoms with van der Waals surface area (Å²) < 4.78 is 18.8. The van der Waals surface area contributed by atoms with E-state index in [9.17, 15) is 14.0 Å². The van der Waals surface area contributed by atoms with Gasteiger partial charge in [0.1, 0.15) is 11.6 Å². The third-order valence-electron chi connectivity index (χ3n) is 6.87. The van der Waals surface area contributed by atoms with Gasteiger partial charge >= 0.3 is 0 Å².